The van der Waals surface area contributed by atoms with E-state index in [1.807, 2.05) is 6.92 Å². The molecule has 0 aromatic heterocycles. The number of hydrogen-bond acceptors (Lipinski definition) is 0. The SMILES string of the molecule is CCCCCCCc1ccc(C(F)(F)F)c(C(F)(F)F)c1. The van der Waals surface area contributed by atoms with Crippen molar-refractivity contribution in [2.75, 3.05) is 0 Å². The molecule has 0 saturated heterocycles. The van der Waals surface area contributed by atoms with Gasteiger partial charge >= 0.3 is 12.4 Å². The Bertz CT molecular complexity index is 444. The third-order valence-corrected chi connectivity index (χ3v) is 3.26. The fourth-order valence-corrected chi connectivity index (χ4v) is 2.16. The van der Waals surface area contributed by atoms with Crippen molar-refractivity contribution >= 4 is 0 Å². The number of aryl methyl sites for hydroxylation is 1. The Morgan fingerprint density at radius 1 is 0.762 bits per heavy atom. The highest BCUT2D eigenvalue weighted by atomic mass is 19.4. The highest BCUT2D eigenvalue weighted by Gasteiger charge is 2.42. The summed E-state index contributed by atoms with van der Waals surface area (Å²) < 4.78 is 76.0. The Morgan fingerprint density at radius 2 is 1.33 bits per heavy atom. The van der Waals surface area contributed by atoms with E-state index in [4.69, 9.17) is 0 Å². The molecule has 0 aliphatic rings. The van der Waals surface area contributed by atoms with E-state index in [0.717, 1.165) is 31.7 Å². The van der Waals surface area contributed by atoms with Gasteiger partial charge in [0.1, 0.15) is 0 Å². The molecular weight excluding hydrogens is 294 g/mol. The minimum absolute atomic E-state index is 0.298. The van der Waals surface area contributed by atoms with E-state index in [1.54, 1.807) is 0 Å². The van der Waals surface area contributed by atoms with Crippen molar-refractivity contribution in [1.29, 1.82) is 0 Å². The number of unbranched alkanes of at least 4 members (excludes halogenated alkanes) is 4. The number of hydrogen-bond donors (Lipinski definition) is 0. The molecule has 0 heterocycles. The number of rotatable bonds is 6. The lowest BCUT2D eigenvalue weighted by Gasteiger charge is -2.16. The first-order valence-electron chi connectivity index (χ1n) is 6.93. The van der Waals surface area contributed by atoms with Crippen molar-refractivity contribution in [3.8, 4) is 0 Å². The van der Waals surface area contributed by atoms with Gasteiger partial charge in [0.25, 0.3) is 0 Å². The maximum atomic E-state index is 12.7. The quantitative estimate of drug-likeness (QED) is 0.431. The summed E-state index contributed by atoms with van der Waals surface area (Å²) in [6.45, 7) is 2.05. The third kappa shape index (κ3) is 5.59. The molecule has 21 heavy (non-hydrogen) atoms. The van der Waals surface area contributed by atoms with Crippen LogP contribution in [0.15, 0.2) is 18.2 Å². The van der Waals surface area contributed by atoms with Crippen LogP contribution in [0.5, 0.6) is 0 Å². The molecule has 1 aromatic carbocycles. The highest BCUT2D eigenvalue weighted by molar-refractivity contribution is 5.36. The molecule has 0 unspecified atom stereocenters. The Morgan fingerprint density at radius 3 is 1.86 bits per heavy atom. The van der Waals surface area contributed by atoms with Crippen LogP contribution in [0.2, 0.25) is 0 Å². The van der Waals surface area contributed by atoms with E-state index in [-0.39, 0.29) is 0 Å². The molecule has 1 rings (SSSR count). The van der Waals surface area contributed by atoms with Crippen LogP contribution in [0.25, 0.3) is 0 Å². The number of halogens is 6. The average Bonchev–Trinajstić information content (AvgIpc) is 2.36. The van der Waals surface area contributed by atoms with Crippen molar-refractivity contribution in [3.05, 3.63) is 34.9 Å². The normalized spacial score (nSPS) is 12.7. The van der Waals surface area contributed by atoms with Crippen LogP contribution in [0.3, 0.4) is 0 Å². The van der Waals surface area contributed by atoms with Gasteiger partial charge in [-0.3, -0.25) is 0 Å². The van der Waals surface area contributed by atoms with Crippen LogP contribution < -0.4 is 0 Å². The maximum Gasteiger partial charge on any atom is 0.417 e. The first-order chi connectivity index (χ1) is 9.66. The van der Waals surface area contributed by atoms with E-state index in [1.165, 1.54) is 0 Å². The largest absolute Gasteiger partial charge is 0.417 e. The zero-order valence-electron chi connectivity index (χ0n) is 11.7. The van der Waals surface area contributed by atoms with Gasteiger partial charge in [-0.25, -0.2) is 0 Å². The lowest BCUT2D eigenvalue weighted by Crippen LogP contribution is -2.16. The molecule has 0 saturated carbocycles. The molecule has 0 aliphatic carbocycles. The summed E-state index contributed by atoms with van der Waals surface area (Å²) in [5.41, 5.74) is -2.92. The van der Waals surface area contributed by atoms with Crippen molar-refractivity contribution in [2.45, 2.75) is 57.8 Å². The van der Waals surface area contributed by atoms with E-state index in [9.17, 15) is 26.3 Å². The first kappa shape index (κ1) is 17.9. The van der Waals surface area contributed by atoms with Gasteiger partial charge in [-0.1, -0.05) is 38.7 Å². The molecule has 120 valence electrons. The van der Waals surface area contributed by atoms with Gasteiger partial charge in [-0.15, -0.1) is 0 Å². The molecule has 0 aliphatic heterocycles. The van der Waals surface area contributed by atoms with Gasteiger partial charge in [0.2, 0.25) is 0 Å². The molecule has 0 nitrogen and oxygen atoms in total. The molecule has 0 spiro atoms. The zero-order chi connectivity index (χ0) is 16.1. The Balaban J connectivity index is 2.86. The number of alkyl halides is 6. The van der Waals surface area contributed by atoms with Crippen molar-refractivity contribution in [3.63, 3.8) is 0 Å². The van der Waals surface area contributed by atoms with Crippen molar-refractivity contribution in [1.82, 2.24) is 0 Å². The summed E-state index contributed by atoms with van der Waals surface area (Å²) in [7, 11) is 0. The summed E-state index contributed by atoms with van der Waals surface area (Å²) in [4.78, 5) is 0. The molecule has 0 atom stereocenters. The molecule has 0 bridgehead atoms. The summed E-state index contributed by atoms with van der Waals surface area (Å²) >= 11 is 0. The second-order valence-electron chi connectivity index (χ2n) is 5.04. The molecule has 6 heteroatoms. The second kappa shape index (κ2) is 7.18. The van der Waals surface area contributed by atoms with Crippen LogP contribution >= 0.6 is 0 Å². The fraction of sp³-hybridized carbons (Fsp3) is 0.600. The first-order valence-corrected chi connectivity index (χ1v) is 6.93. The van der Waals surface area contributed by atoms with Gasteiger partial charge < -0.3 is 0 Å². The minimum Gasteiger partial charge on any atom is -0.166 e. The van der Waals surface area contributed by atoms with Crippen LogP contribution in [0.4, 0.5) is 26.3 Å². The van der Waals surface area contributed by atoms with Crippen LogP contribution in [0, 0.1) is 0 Å². The molecule has 0 N–H and O–H groups in total. The topological polar surface area (TPSA) is 0 Å². The zero-order valence-corrected chi connectivity index (χ0v) is 11.7. The third-order valence-electron chi connectivity index (χ3n) is 3.26. The molecule has 0 radical (unpaired) electrons. The Kier molecular flexibility index (Phi) is 6.10. The maximum absolute atomic E-state index is 12.7. The molecule has 0 fully saturated rings. The lowest BCUT2D eigenvalue weighted by molar-refractivity contribution is -0.162. The van der Waals surface area contributed by atoms with E-state index in [2.05, 4.69) is 0 Å². The Hall–Kier alpha value is -1.20. The summed E-state index contributed by atoms with van der Waals surface area (Å²) in [6, 6.07) is 2.30. The van der Waals surface area contributed by atoms with Crippen molar-refractivity contribution in [2.24, 2.45) is 0 Å². The average molecular weight is 312 g/mol. The summed E-state index contributed by atoms with van der Waals surface area (Å²) in [5, 5.41) is 0. The standard InChI is InChI=1S/C15H18F6/c1-2-3-4-5-6-7-11-8-9-12(14(16,17)18)13(10-11)15(19,20)21/h8-10H,2-7H2,1H3. The molecular formula is C15H18F6. The van der Waals surface area contributed by atoms with Crippen LogP contribution in [0.1, 0.15) is 55.7 Å². The monoisotopic (exact) mass is 312 g/mol. The van der Waals surface area contributed by atoms with Gasteiger partial charge in [-0.2, -0.15) is 26.3 Å². The predicted molar refractivity (Wildman–Crippen MR) is 68.9 cm³/mol. The van der Waals surface area contributed by atoms with Crippen LogP contribution in [-0.2, 0) is 18.8 Å². The van der Waals surface area contributed by atoms with Crippen LogP contribution in [-0.4, -0.2) is 0 Å². The van der Waals surface area contributed by atoms with E-state index >= 15 is 0 Å². The van der Waals surface area contributed by atoms with E-state index in [0.29, 0.717) is 30.5 Å². The smallest absolute Gasteiger partial charge is 0.166 e. The van der Waals surface area contributed by atoms with Gasteiger partial charge in [0, 0.05) is 0 Å². The van der Waals surface area contributed by atoms with Gasteiger partial charge in [-0.05, 0) is 30.5 Å². The molecule has 1 aromatic rings. The highest BCUT2D eigenvalue weighted by Crippen LogP contribution is 2.40. The van der Waals surface area contributed by atoms with Gasteiger partial charge in [0.05, 0.1) is 11.1 Å². The fourth-order valence-electron chi connectivity index (χ4n) is 2.16. The number of benzene rings is 1. The van der Waals surface area contributed by atoms with E-state index < -0.39 is 23.5 Å². The van der Waals surface area contributed by atoms with Crippen molar-refractivity contribution < 1.29 is 26.3 Å². The summed E-state index contributed by atoms with van der Waals surface area (Å²) in [6.07, 6.45) is -4.97. The lowest BCUT2D eigenvalue weighted by atomic mass is 9.99. The summed E-state index contributed by atoms with van der Waals surface area (Å²) in [5.74, 6) is 0. The molecule has 0 amide bonds. The predicted octanol–water partition coefficient (Wildman–Crippen LogP) is 6.24. The van der Waals surface area contributed by atoms with Gasteiger partial charge in [0.15, 0.2) is 0 Å². The minimum atomic E-state index is -5.00. The Labute approximate surface area is 120 Å². The second-order valence-corrected chi connectivity index (χ2v) is 5.04.